The van der Waals surface area contributed by atoms with Gasteiger partial charge in [0, 0.05) is 6.20 Å². The summed E-state index contributed by atoms with van der Waals surface area (Å²) in [5.41, 5.74) is 2.55. The third-order valence-electron chi connectivity index (χ3n) is 3.35. The van der Waals surface area contributed by atoms with E-state index in [2.05, 4.69) is 0 Å². The van der Waals surface area contributed by atoms with E-state index in [0.717, 1.165) is 6.20 Å². The van der Waals surface area contributed by atoms with Crippen LogP contribution in [0, 0.1) is 0 Å². The third-order valence-corrected chi connectivity index (χ3v) is 3.35. The number of hydrogen-bond acceptors (Lipinski definition) is 4. The average Bonchev–Trinajstić information content (AvgIpc) is 2.53. The van der Waals surface area contributed by atoms with E-state index in [-0.39, 0.29) is 17.5 Å². The normalized spacial score (nSPS) is 13.0. The summed E-state index contributed by atoms with van der Waals surface area (Å²) < 4.78 is 77.2. The molecule has 0 aromatic heterocycles. The molecule has 2 aromatic carbocycles. The Labute approximate surface area is 143 Å². The Morgan fingerprint density at radius 2 is 1.35 bits per heavy atom. The molecule has 0 aliphatic carbocycles. The van der Waals surface area contributed by atoms with Crippen LogP contribution in [0.3, 0.4) is 0 Å². The van der Waals surface area contributed by atoms with Gasteiger partial charge in [-0.05, 0) is 48.0 Å². The van der Waals surface area contributed by atoms with Gasteiger partial charge in [0.1, 0.15) is 5.75 Å². The number of nitrogens with zero attached hydrogens (tertiary/aromatic N) is 1. The van der Waals surface area contributed by atoms with E-state index in [1.54, 1.807) is 0 Å². The maximum absolute atomic E-state index is 12.9. The van der Waals surface area contributed by atoms with Crippen molar-refractivity contribution in [3.05, 3.63) is 65.4 Å². The summed E-state index contributed by atoms with van der Waals surface area (Å²) in [7, 11) is 0. The highest BCUT2D eigenvalue weighted by molar-refractivity contribution is 5.67. The lowest BCUT2D eigenvalue weighted by Gasteiger charge is -2.19. The van der Waals surface area contributed by atoms with Crippen molar-refractivity contribution in [3.8, 4) is 5.75 Å². The number of benzene rings is 2. The molecular formula is C16H13F6N3O. The van der Waals surface area contributed by atoms with Gasteiger partial charge in [-0.2, -0.15) is 26.3 Å². The fourth-order valence-corrected chi connectivity index (χ4v) is 2.04. The molecule has 5 N–H and O–H groups in total. The van der Waals surface area contributed by atoms with E-state index in [1.165, 1.54) is 24.3 Å². The zero-order valence-electron chi connectivity index (χ0n) is 12.9. The van der Waals surface area contributed by atoms with Crippen molar-refractivity contribution in [2.24, 2.45) is 11.6 Å². The molecule has 26 heavy (non-hydrogen) atoms. The van der Waals surface area contributed by atoms with E-state index in [1.807, 2.05) is 0 Å². The molecule has 2 rings (SSSR count). The highest BCUT2D eigenvalue weighted by Gasteiger charge is 2.37. The molecule has 2 aromatic rings. The van der Waals surface area contributed by atoms with Gasteiger partial charge in [0.25, 0.3) is 0 Å². The second kappa shape index (κ2) is 6.79. The second-order valence-electron chi connectivity index (χ2n) is 5.30. The van der Waals surface area contributed by atoms with E-state index >= 15 is 0 Å². The minimum absolute atomic E-state index is 0.00435. The molecule has 0 fully saturated rings. The van der Waals surface area contributed by atoms with Crippen LogP contribution in [0.25, 0.3) is 5.70 Å². The first-order valence-electron chi connectivity index (χ1n) is 6.98. The third kappa shape index (κ3) is 4.60. The van der Waals surface area contributed by atoms with Crippen LogP contribution < -0.4 is 16.6 Å². The Morgan fingerprint density at radius 3 is 1.77 bits per heavy atom. The predicted molar refractivity (Wildman–Crippen MR) is 83.4 cm³/mol. The van der Waals surface area contributed by atoms with Crippen molar-refractivity contribution in [2.45, 2.75) is 12.4 Å². The Bertz CT molecular complexity index is 780. The quantitative estimate of drug-likeness (QED) is 0.428. The Balaban J connectivity index is 2.45. The highest BCUT2D eigenvalue weighted by Crippen LogP contribution is 2.38. The van der Waals surface area contributed by atoms with E-state index in [9.17, 15) is 31.4 Å². The number of alkyl halides is 6. The van der Waals surface area contributed by atoms with Crippen LogP contribution in [0.4, 0.5) is 32.0 Å². The number of rotatable bonds is 3. The maximum atomic E-state index is 12.9. The Hall–Kier alpha value is -2.88. The molecule has 0 spiro atoms. The topological polar surface area (TPSA) is 75.5 Å². The van der Waals surface area contributed by atoms with Crippen molar-refractivity contribution in [1.82, 2.24) is 0 Å². The minimum Gasteiger partial charge on any atom is -0.508 e. The van der Waals surface area contributed by atoms with Crippen molar-refractivity contribution in [1.29, 1.82) is 0 Å². The van der Waals surface area contributed by atoms with Gasteiger partial charge in [-0.25, -0.2) is 5.84 Å². The first-order valence-corrected chi connectivity index (χ1v) is 6.98. The number of anilines is 1. The second-order valence-corrected chi connectivity index (χ2v) is 5.30. The van der Waals surface area contributed by atoms with Crippen LogP contribution >= 0.6 is 0 Å². The zero-order chi connectivity index (χ0) is 19.7. The molecule has 140 valence electrons. The van der Waals surface area contributed by atoms with Crippen LogP contribution in [0.1, 0.15) is 16.7 Å². The van der Waals surface area contributed by atoms with Crippen molar-refractivity contribution in [2.75, 3.05) is 5.01 Å². The Kier molecular flexibility index (Phi) is 5.08. The molecule has 0 saturated carbocycles. The standard InChI is InChI=1S/C16H13F6N3O/c17-15(18,19)10-5-11(16(20,21)22)7-12(6-10)25(24)8-14(23)9-1-3-13(26)4-2-9/h1-8,26H,23-24H2/b14-8-. The van der Waals surface area contributed by atoms with E-state index in [0.29, 0.717) is 22.7 Å². The number of hydrogen-bond donors (Lipinski definition) is 3. The summed E-state index contributed by atoms with van der Waals surface area (Å²) >= 11 is 0. The molecule has 0 aliphatic rings. The van der Waals surface area contributed by atoms with Crippen molar-refractivity contribution < 1.29 is 31.4 Å². The fourth-order valence-electron chi connectivity index (χ4n) is 2.04. The molecule has 0 atom stereocenters. The fraction of sp³-hybridized carbons (Fsp3) is 0.125. The number of aromatic hydroxyl groups is 1. The molecule has 0 unspecified atom stereocenters. The summed E-state index contributed by atoms with van der Waals surface area (Å²) in [5.74, 6) is 5.54. The smallest absolute Gasteiger partial charge is 0.416 e. The van der Waals surface area contributed by atoms with Gasteiger partial charge in [0.2, 0.25) is 0 Å². The van der Waals surface area contributed by atoms with Crippen LogP contribution in [0.15, 0.2) is 48.7 Å². The molecule has 0 radical (unpaired) electrons. The lowest BCUT2D eigenvalue weighted by atomic mass is 10.1. The van der Waals surface area contributed by atoms with Crippen LogP contribution in [-0.2, 0) is 12.4 Å². The van der Waals surface area contributed by atoms with Crippen molar-refractivity contribution >= 4 is 11.4 Å². The number of nitrogens with two attached hydrogens (primary N) is 2. The summed E-state index contributed by atoms with van der Waals surface area (Å²) in [6, 6.07) is 6.40. The average molecular weight is 377 g/mol. The van der Waals surface area contributed by atoms with Crippen LogP contribution in [0.2, 0.25) is 0 Å². The molecule has 0 bridgehead atoms. The Morgan fingerprint density at radius 1 is 0.885 bits per heavy atom. The molecule has 4 nitrogen and oxygen atoms in total. The van der Waals surface area contributed by atoms with Crippen LogP contribution in [0.5, 0.6) is 5.75 Å². The summed E-state index contributed by atoms with van der Waals surface area (Å²) in [5, 5.41) is 9.77. The SMILES string of the molecule is N/C(=C\N(N)c1cc(C(F)(F)F)cc(C(F)(F)F)c1)c1ccc(O)cc1. The number of hydrazine groups is 1. The van der Waals surface area contributed by atoms with Gasteiger partial charge in [-0.3, -0.25) is 5.01 Å². The molecule has 10 heteroatoms. The predicted octanol–water partition coefficient (Wildman–Crippen LogP) is 4.07. The lowest BCUT2D eigenvalue weighted by molar-refractivity contribution is -0.143. The molecular weight excluding hydrogens is 364 g/mol. The van der Waals surface area contributed by atoms with Gasteiger partial charge in [0.15, 0.2) is 0 Å². The zero-order valence-corrected chi connectivity index (χ0v) is 12.9. The largest absolute Gasteiger partial charge is 0.508 e. The summed E-state index contributed by atoms with van der Waals surface area (Å²) in [6.45, 7) is 0. The number of phenols is 1. The van der Waals surface area contributed by atoms with Gasteiger partial charge in [0.05, 0.1) is 22.5 Å². The summed E-state index contributed by atoms with van der Waals surface area (Å²) in [6.07, 6.45) is -8.99. The van der Waals surface area contributed by atoms with Gasteiger partial charge >= 0.3 is 12.4 Å². The van der Waals surface area contributed by atoms with Gasteiger partial charge in [-0.1, -0.05) is 0 Å². The first-order chi connectivity index (χ1) is 11.9. The van der Waals surface area contributed by atoms with Gasteiger partial charge < -0.3 is 10.8 Å². The molecule has 0 heterocycles. The molecule has 0 aliphatic heterocycles. The monoisotopic (exact) mass is 377 g/mol. The van der Waals surface area contributed by atoms with Gasteiger partial charge in [-0.15, -0.1) is 0 Å². The summed E-state index contributed by atoms with van der Waals surface area (Å²) in [4.78, 5) is 0. The minimum atomic E-state index is -4.98. The molecule has 0 saturated heterocycles. The lowest BCUT2D eigenvalue weighted by Crippen LogP contribution is -2.27. The van der Waals surface area contributed by atoms with Crippen LogP contribution in [-0.4, -0.2) is 5.11 Å². The number of halogens is 6. The number of phenolic OH excluding ortho intramolecular Hbond substituents is 1. The molecule has 0 amide bonds. The maximum Gasteiger partial charge on any atom is 0.416 e. The highest BCUT2D eigenvalue weighted by atomic mass is 19.4. The van der Waals surface area contributed by atoms with E-state index in [4.69, 9.17) is 11.6 Å². The van der Waals surface area contributed by atoms with E-state index < -0.39 is 29.2 Å². The first kappa shape index (κ1) is 19.4. The van der Waals surface area contributed by atoms with Crippen molar-refractivity contribution in [3.63, 3.8) is 0 Å².